The van der Waals surface area contributed by atoms with Crippen molar-refractivity contribution in [1.29, 1.82) is 0 Å². The molecule has 16 heavy (non-hydrogen) atoms. The third-order valence-electron chi connectivity index (χ3n) is 4.50. The second-order valence-corrected chi connectivity index (χ2v) is 5.67. The molecule has 0 bridgehead atoms. The molecule has 0 aromatic heterocycles. The van der Waals surface area contributed by atoms with Crippen LogP contribution in [0.1, 0.15) is 44.9 Å². The van der Waals surface area contributed by atoms with E-state index in [0.717, 1.165) is 32.4 Å². The van der Waals surface area contributed by atoms with Gasteiger partial charge in [-0.2, -0.15) is 0 Å². The summed E-state index contributed by atoms with van der Waals surface area (Å²) >= 11 is 0. The number of likely N-dealkylation sites (tertiary alicyclic amines) is 1. The van der Waals surface area contributed by atoms with Gasteiger partial charge in [-0.25, -0.2) is 0 Å². The van der Waals surface area contributed by atoms with E-state index in [1.165, 1.54) is 25.7 Å². The third kappa shape index (κ3) is 2.58. The van der Waals surface area contributed by atoms with Gasteiger partial charge >= 0.3 is 0 Å². The molecule has 2 fully saturated rings. The maximum Gasteiger partial charge on any atom is 0.0586 e. The van der Waals surface area contributed by atoms with E-state index < -0.39 is 0 Å². The molecular formula is C13H25NO2. The van der Waals surface area contributed by atoms with Crippen LogP contribution in [0.15, 0.2) is 0 Å². The summed E-state index contributed by atoms with van der Waals surface area (Å²) in [5.41, 5.74) is 0.135. The average Bonchev–Trinajstić information content (AvgIpc) is 2.77. The number of hydrogen-bond donors (Lipinski definition) is 2. The second-order valence-electron chi connectivity index (χ2n) is 5.67. The van der Waals surface area contributed by atoms with Crippen molar-refractivity contribution in [2.75, 3.05) is 26.3 Å². The molecule has 0 radical (unpaired) electrons. The summed E-state index contributed by atoms with van der Waals surface area (Å²) in [7, 11) is 0. The van der Waals surface area contributed by atoms with Crippen molar-refractivity contribution in [3.63, 3.8) is 0 Å². The Labute approximate surface area is 98.5 Å². The molecule has 1 atom stereocenters. The Bertz CT molecular complexity index is 214. The summed E-state index contributed by atoms with van der Waals surface area (Å²) in [5, 5.41) is 19.0. The molecule has 1 heterocycles. The lowest BCUT2D eigenvalue weighted by Gasteiger charge is -2.40. The lowest BCUT2D eigenvalue weighted by molar-refractivity contribution is 0.0273. The fourth-order valence-electron chi connectivity index (χ4n) is 3.41. The quantitative estimate of drug-likeness (QED) is 0.762. The largest absolute Gasteiger partial charge is 0.396 e. The van der Waals surface area contributed by atoms with Crippen molar-refractivity contribution in [1.82, 2.24) is 4.90 Å². The molecule has 1 unspecified atom stereocenters. The van der Waals surface area contributed by atoms with Crippen molar-refractivity contribution in [3.05, 3.63) is 0 Å². The van der Waals surface area contributed by atoms with E-state index in [2.05, 4.69) is 4.90 Å². The SMILES string of the molecule is OCC1CCCN1CC1(CO)CCCCC1. The molecule has 2 rings (SSSR count). The maximum absolute atomic E-state index is 9.67. The number of aliphatic hydroxyl groups is 2. The van der Waals surface area contributed by atoms with Gasteiger partial charge in [0, 0.05) is 24.6 Å². The Morgan fingerprint density at radius 1 is 1.06 bits per heavy atom. The standard InChI is InChI=1S/C13H25NO2/c15-9-12-5-4-8-14(12)10-13(11-16)6-2-1-3-7-13/h12,15-16H,1-11H2. The molecular weight excluding hydrogens is 202 g/mol. The van der Waals surface area contributed by atoms with Crippen molar-refractivity contribution in [2.24, 2.45) is 5.41 Å². The molecule has 0 amide bonds. The lowest BCUT2D eigenvalue weighted by atomic mass is 9.74. The summed E-state index contributed by atoms with van der Waals surface area (Å²) in [5.74, 6) is 0. The molecule has 3 heteroatoms. The summed E-state index contributed by atoms with van der Waals surface area (Å²) < 4.78 is 0. The fraction of sp³-hybridized carbons (Fsp3) is 1.00. The molecule has 1 saturated carbocycles. The minimum atomic E-state index is 0.135. The van der Waals surface area contributed by atoms with Gasteiger partial charge in [0.05, 0.1) is 6.61 Å². The minimum Gasteiger partial charge on any atom is -0.396 e. The van der Waals surface area contributed by atoms with Crippen LogP contribution in [0, 0.1) is 5.41 Å². The first-order chi connectivity index (χ1) is 7.79. The summed E-state index contributed by atoms with van der Waals surface area (Å²) in [6.45, 7) is 2.70. The molecule has 0 spiro atoms. The van der Waals surface area contributed by atoms with Crippen LogP contribution < -0.4 is 0 Å². The number of rotatable bonds is 4. The van der Waals surface area contributed by atoms with Gasteiger partial charge in [-0.15, -0.1) is 0 Å². The average molecular weight is 227 g/mol. The first-order valence-electron chi connectivity index (χ1n) is 6.75. The van der Waals surface area contributed by atoms with E-state index in [4.69, 9.17) is 0 Å². The van der Waals surface area contributed by atoms with Crippen LogP contribution in [0.4, 0.5) is 0 Å². The summed E-state index contributed by atoms with van der Waals surface area (Å²) in [6, 6.07) is 0.352. The zero-order valence-corrected chi connectivity index (χ0v) is 10.2. The number of nitrogens with zero attached hydrogens (tertiary/aromatic N) is 1. The Morgan fingerprint density at radius 2 is 1.81 bits per heavy atom. The van der Waals surface area contributed by atoms with Gasteiger partial charge in [-0.05, 0) is 32.2 Å². The molecule has 2 N–H and O–H groups in total. The maximum atomic E-state index is 9.67. The van der Waals surface area contributed by atoms with Crippen LogP contribution in [-0.4, -0.2) is 47.5 Å². The highest BCUT2D eigenvalue weighted by Gasteiger charge is 2.36. The lowest BCUT2D eigenvalue weighted by Crippen LogP contribution is -2.44. The van der Waals surface area contributed by atoms with E-state index in [9.17, 15) is 10.2 Å². The number of aliphatic hydroxyl groups excluding tert-OH is 2. The first-order valence-corrected chi connectivity index (χ1v) is 6.75. The van der Waals surface area contributed by atoms with Gasteiger partial charge in [0.15, 0.2) is 0 Å². The smallest absolute Gasteiger partial charge is 0.0586 e. The Kier molecular flexibility index (Phi) is 4.22. The van der Waals surface area contributed by atoms with Crippen LogP contribution in [0.5, 0.6) is 0 Å². The van der Waals surface area contributed by atoms with Gasteiger partial charge in [0.1, 0.15) is 0 Å². The van der Waals surface area contributed by atoms with Crippen LogP contribution >= 0.6 is 0 Å². The van der Waals surface area contributed by atoms with Gasteiger partial charge in [-0.3, -0.25) is 4.90 Å². The van der Waals surface area contributed by atoms with Crippen molar-refractivity contribution in [2.45, 2.75) is 51.0 Å². The fourth-order valence-corrected chi connectivity index (χ4v) is 3.41. The highest BCUT2D eigenvalue weighted by atomic mass is 16.3. The van der Waals surface area contributed by atoms with Crippen molar-refractivity contribution in [3.8, 4) is 0 Å². The normalized spacial score (nSPS) is 30.8. The zero-order valence-electron chi connectivity index (χ0n) is 10.2. The molecule has 2 aliphatic rings. The Hall–Kier alpha value is -0.120. The van der Waals surface area contributed by atoms with Crippen molar-refractivity contribution < 1.29 is 10.2 Å². The van der Waals surface area contributed by atoms with E-state index in [1.807, 2.05) is 0 Å². The zero-order chi connectivity index (χ0) is 11.4. The molecule has 1 aliphatic carbocycles. The van der Waals surface area contributed by atoms with Crippen LogP contribution in [-0.2, 0) is 0 Å². The van der Waals surface area contributed by atoms with E-state index in [0.29, 0.717) is 12.6 Å². The molecule has 3 nitrogen and oxygen atoms in total. The first kappa shape index (κ1) is 12.3. The highest BCUT2D eigenvalue weighted by Crippen LogP contribution is 2.38. The van der Waals surface area contributed by atoms with Gasteiger partial charge < -0.3 is 10.2 Å². The molecule has 0 aromatic rings. The van der Waals surface area contributed by atoms with Crippen LogP contribution in [0.2, 0.25) is 0 Å². The van der Waals surface area contributed by atoms with Crippen LogP contribution in [0.25, 0.3) is 0 Å². The topological polar surface area (TPSA) is 43.7 Å². The van der Waals surface area contributed by atoms with E-state index in [-0.39, 0.29) is 12.0 Å². The van der Waals surface area contributed by atoms with Gasteiger partial charge in [0.25, 0.3) is 0 Å². The van der Waals surface area contributed by atoms with Gasteiger partial charge in [0.2, 0.25) is 0 Å². The highest BCUT2D eigenvalue weighted by molar-refractivity contribution is 4.89. The Morgan fingerprint density at radius 3 is 2.44 bits per heavy atom. The second kappa shape index (κ2) is 5.48. The predicted octanol–water partition coefficient (Wildman–Crippen LogP) is 1.39. The van der Waals surface area contributed by atoms with E-state index in [1.54, 1.807) is 0 Å². The molecule has 94 valence electrons. The Balaban J connectivity index is 1.94. The van der Waals surface area contributed by atoms with Crippen molar-refractivity contribution >= 4 is 0 Å². The molecule has 1 saturated heterocycles. The number of hydrogen-bond acceptors (Lipinski definition) is 3. The summed E-state index contributed by atoms with van der Waals surface area (Å²) in [6.07, 6.45) is 8.50. The van der Waals surface area contributed by atoms with E-state index >= 15 is 0 Å². The van der Waals surface area contributed by atoms with Gasteiger partial charge in [-0.1, -0.05) is 19.3 Å². The minimum absolute atomic E-state index is 0.135. The molecule has 0 aromatic carbocycles. The predicted molar refractivity (Wildman–Crippen MR) is 64.3 cm³/mol. The third-order valence-corrected chi connectivity index (χ3v) is 4.50. The molecule has 1 aliphatic heterocycles. The van der Waals surface area contributed by atoms with Crippen LogP contribution in [0.3, 0.4) is 0 Å². The summed E-state index contributed by atoms with van der Waals surface area (Å²) in [4.78, 5) is 2.40. The monoisotopic (exact) mass is 227 g/mol.